The Labute approximate surface area is 124 Å². The SMILES string of the molecule is COC(=O)c1cc(N)cc(Cl)c1N(CC1CC1)C(C)C. The van der Waals surface area contributed by atoms with Crippen LogP contribution in [0.1, 0.15) is 37.0 Å². The average Bonchev–Trinajstić information content (AvgIpc) is 3.18. The summed E-state index contributed by atoms with van der Waals surface area (Å²) in [5.74, 6) is 0.284. The number of hydrogen-bond acceptors (Lipinski definition) is 4. The molecule has 0 atom stereocenters. The molecule has 1 saturated carbocycles. The van der Waals surface area contributed by atoms with Crippen molar-refractivity contribution < 1.29 is 9.53 Å². The van der Waals surface area contributed by atoms with Crippen molar-refractivity contribution in [3.05, 3.63) is 22.7 Å². The Morgan fingerprint density at radius 3 is 2.65 bits per heavy atom. The fourth-order valence-corrected chi connectivity index (χ4v) is 2.65. The molecule has 0 radical (unpaired) electrons. The summed E-state index contributed by atoms with van der Waals surface area (Å²) < 4.78 is 4.86. The van der Waals surface area contributed by atoms with Crippen LogP contribution in [0.2, 0.25) is 5.02 Å². The molecule has 0 heterocycles. The van der Waals surface area contributed by atoms with E-state index in [1.165, 1.54) is 20.0 Å². The van der Waals surface area contributed by atoms with Crippen molar-refractivity contribution in [1.29, 1.82) is 0 Å². The third-order valence-electron chi connectivity index (χ3n) is 3.55. The number of nitrogens with zero attached hydrogens (tertiary/aromatic N) is 1. The summed E-state index contributed by atoms with van der Waals surface area (Å²) in [6.07, 6.45) is 2.48. The molecule has 1 aliphatic carbocycles. The third-order valence-corrected chi connectivity index (χ3v) is 3.84. The van der Waals surface area contributed by atoms with Gasteiger partial charge in [-0.25, -0.2) is 4.79 Å². The fourth-order valence-electron chi connectivity index (χ4n) is 2.32. The van der Waals surface area contributed by atoms with Gasteiger partial charge in [0.15, 0.2) is 0 Å². The lowest BCUT2D eigenvalue weighted by Gasteiger charge is -2.31. The molecular formula is C15H21ClN2O2. The molecule has 0 bridgehead atoms. The smallest absolute Gasteiger partial charge is 0.340 e. The Bertz CT molecular complexity index is 513. The van der Waals surface area contributed by atoms with Crippen LogP contribution in [0.15, 0.2) is 12.1 Å². The summed E-state index contributed by atoms with van der Waals surface area (Å²) in [5.41, 5.74) is 7.43. The van der Waals surface area contributed by atoms with Crippen molar-refractivity contribution in [2.45, 2.75) is 32.7 Å². The van der Waals surface area contributed by atoms with Crippen molar-refractivity contribution in [2.24, 2.45) is 5.92 Å². The summed E-state index contributed by atoms with van der Waals surface area (Å²) >= 11 is 6.35. The van der Waals surface area contributed by atoms with E-state index in [2.05, 4.69) is 18.7 Å². The largest absolute Gasteiger partial charge is 0.465 e. The minimum absolute atomic E-state index is 0.250. The molecule has 2 N–H and O–H groups in total. The average molecular weight is 297 g/mol. The summed E-state index contributed by atoms with van der Waals surface area (Å²) in [5, 5.41) is 0.500. The van der Waals surface area contributed by atoms with E-state index >= 15 is 0 Å². The molecule has 4 nitrogen and oxygen atoms in total. The zero-order chi connectivity index (χ0) is 14.9. The van der Waals surface area contributed by atoms with E-state index in [1.807, 2.05) is 0 Å². The molecule has 0 unspecified atom stereocenters. The maximum absolute atomic E-state index is 12.0. The van der Waals surface area contributed by atoms with E-state index in [-0.39, 0.29) is 6.04 Å². The Balaban J connectivity index is 2.47. The van der Waals surface area contributed by atoms with Crippen molar-refractivity contribution >= 4 is 28.9 Å². The van der Waals surface area contributed by atoms with E-state index in [0.29, 0.717) is 22.2 Å². The number of esters is 1. The van der Waals surface area contributed by atoms with E-state index in [1.54, 1.807) is 12.1 Å². The van der Waals surface area contributed by atoms with Crippen molar-refractivity contribution in [2.75, 3.05) is 24.3 Å². The highest BCUT2D eigenvalue weighted by Crippen LogP contribution is 2.38. The standard InChI is InChI=1S/C15H21ClN2O2/c1-9(2)18(8-10-4-5-10)14-12(15(19)20-3)6-11(17)7-13(14)16/h6-7,9-10H,4-5,8,17H2,1-3H3. The lowest BCUT2D eigenvalue weighted by molar-refractivity contribution is 0.0601. The summed E-state index contributed by atoms with van der Waals surface area (Å²) in [6.45, 7) is 5.09. The van der Waals surface area contributed by atoms with Gasteiger partial charge in [-0.1, -0.05) is 11.6 Å². The molecule has 2 rings (SSSR count). The van der Waals surface area contributed by atoms with Crippen LogP contribution in [-0.4, -0.2) is 25.7 Å². The molecule has 0 aromatic heterocycles. The first-order valence-corrected chi connectivity index (χ1v) is 7.25. The normalized spacial score (nSPS) is 14.4. The minimum Gasteiger partial charge on any atom is -0.465 e. The highest BCUT2D eigenvalue weighted by molar-refractivity contribution is 6.34. The number of nitrogen functional groups attached to an aromatic ring is 1. The molecular weight excluding hydrogens is 276 g/mol. The molecule has 0 spiro atoms. The van der Waals surface area contributed by atoms with Crippen LogP contribution in [-0.2, 0) is 4.74 Å². The summed E-state index contributed by atoms with van der Waals surface area (Å²) in [7, 11) is 1.36. The highest BCUT2D eigenvalue weighted by Gasteiger charge is 2.29. The molecule has 0 amide bonds. The van der Waals surface area contributed by atoms with Crippen molar-refractivity contribution in [1.82, 2.24) is 0 Å². The first-order valence-electron chi connectivity index (χ1n) is 6.88. The van der Waals surface area contributed by atoms with Crippen LogP contribution in [0.5, 0.6) is 0 Å². The van der Waals surface area contributed by atoms with Gasteiger partial charge in [-0.15, -0.1) is 0 Å². The van der Waals surface area contributed by atoms with Gasteiger partial charge in [0.2, 0.25) is 0 Å². The topological polar surface area (TPSA) is 55.6 Å². The number of hydrogen-bond donors (Lipinski definition) is 1. The molecule has 110 valence electrons. The van der Waals surface area contributed by atoms with Gasteiger partial charge in [0.25, 0.3) is 0 Å². The van der Waals surface area contributed by atoms with E-state index in [0.717, 1.165) is 12.2 Å². The van der Waals surface area contributed by atoms with E-state index in [4.69, 9.17) is 22.1 Å². The predicted molar refractivity (Wildman–Crippen MR) is 82.4 cm³/mol. The molecule has 20 heavy (non-hydrogen) atoms. The lowest BCUT2D eigenvalue weighted by Crippen LogP contribution is -2.34. The Hall–Kier alpha value is -1.42. The van der Waals surface area contributed by atoms with Crippen LogP contribution < -0.4 is 10.6 Å². The van der Waals surface area contributed by atoms with Crippen LogP contribution in [0.3, 0.4) is 0 Å². The Morgan fingerprint density at radius 1 is 1.50 bits per heavy atom. The molecule has 0 aliphatic heterocycles. The zero-order valence-corrected chi connectivity index (χ0v) is 12.9. The van der Waals surface area contributed by atoms with Crippen LogP contribution in [0.4, 0.5) is 11.4 Å². The maximum atomic E-state index is 12.0. The van der Waals surface area contributed by atoms with Crippen LogP contribution >= 0.6 is 11.6 Å². The number of rotatable bonds is 5. The molecule has 1 aliphatic rings. The van der Waals surface area contributed by atoms with E-state index in [9.17, 15) is 4.79 Å². The number of nitrogens with two attached hydrogens (primary N) is 1. The third kappa shape index (κ3) is 3.18. The Morgan fingerprint density at radius 2 is 2.15 bits per heavy atom. The molecule has 0 saturated heterocycles. The number of ether oxygens (including phenoxy) is 1. The molecule has 1 aromatic carbocycles. The first-order chi connectivity index (χ1) is 9.43. The van der Waals surface area contributed by atoms with Crippen molar-refractivity contribution in [3.63, 3.8) is 0 Å². The first kappa shape index (κ1) is 15.0. The second-order valence-electron chi connectivity index (χ2n) is 5.58. The summed E-state index contributed by atoms with van der Waals surface area (Å²) in [6, 6.07) is 3.57. The van der Waals surface area contributed by atoms with Gasteiger partial charge < -0.3 is 15.4 Å². The fraction of sp³-hybridized carbons (Fsp3) is 0.533. The minimum atomic E-state index is -0.407. The van der Waals surface area contributed by atoms with Gasteiger partial charge in [-0.3, -0.25) is 0 Å². The second-order valence-corrected chi connectivity index (χ2v) is 5.99. The lowest BCUT2D eigenvalue weighted by atomic mass is 10.1. The summed E-state index contributed by atoms with van der Waals surface area (Å²) in [4.78, 5) is 14.2. The molecule has 1 fully saturated rings. The molecule has 1 aromatic rings. The second kappa shape index (κ2) is 5.92. The van der Waals surface area contributed by atoms with Crippen LogP contribution in [0, 0.1) is 5.92 Å². The van der Waals surface area contributed by atoms with Gasteiger partial charge in [-0.05, 0) is 44.7 Å². The van der Waals surface area contributed by atoms with Gasteiger partial charge >= 0.3 is 5.97 Å². The maximum Gasteiger partial charge on any atom is 0.340 e. The number of benzene rings is 1. The number of methoxy groups -OCH3 is 1. The van der Waals surface area contributed by atoms with Gasteiger partial charge in [-0.2, -0.15) is 0 Å². The number of halogens is 1. The molecule has 5 heteroatoms. The zero-order valence-electron chi connectivity index (χ0n) is 12.1. The van der Waals surface area contributed by atoms with Gasteiger partial charge in [0.05, 0.1) is 23.4 Å². The number of carbonyl (C=O) groups excluding carboxylic acids is 1. The monoisotopic (exact) mass is 296 g/mol. The van der Waals surface area contributed by atoms with E-state index < -0.39 is 5.97 Å². The van der Waals surface area contributed by atoms with Gasteiger partial charge in [0.1, 0.15) is 0 Å². The number of anilines is 2. The number of carbonyl (C=O) groups is 1. The van der Waals surface area contributed by atoms with Gasteiger partial charge in [0, 0.05) is 18.3 Å². The van der Waals surface area contributed by atoms with Crippen LogP contribution in [0.25, 0.3) is 0 Å². The predicted octanol–water partition coefficient (Wildman–Crippen LogP) is 3.33. The Kier molecular flexibility index (Phi) is 4.43. The quantitative estimate of drug-likeness (QED) is 0.669. The highest BCUT2D eigenvalue weighted by atomic mass is 35.5. The van der Waals surface area contributed by atoms with Crippen molar-refractivity contribution in [3.8, 4) is 0 Å².